The van der Waals surface area contributed by atoms with Crippen LogP contribution in [0, 0.1) is 17.6 Å². The van der Waals surface area contributed by atoms with Crippen molar-refractivity contribution in [3.63, 3.8) is 0 Å². The predicted molar refractivity (Wildman–Crippen MR) is 129 cm³/mol. The molecule has 1 fully saturated rings. The Morgan fingerprint density at radius 2 is 1.62 bits per heavy atom. The molecule has 1 N–H and O–H groups in total. The van der Waals surface area contributed by atoms with Crippen LogP contribution in [-0.4, -0.2) is 58.0 Å². The van der Waals surface area contributed by atoms with Gasteiger partial charge in [0.1, 0.15) is 6.04 Å². The van der Waals surface area contributed by atoms with Crippen molar-refractivity contribution in [2.45, 2.75) is 39.9 Å². The maximum absolute atomic E-state index is 13.8. The number of hydrogen-bond acceptors (Lipinski definition) is 4. The molecule has 0 radical (unpaired) electrons. The summed E-state index contributed by atoms with van der Waals surface area (Å²) in [6.45, 7) is 12.9. The molecule has 2 aromatic carbocycles. The topological polar surface area (TPSA) is 53.4 Å². The summed E-state index contributed by atoms with van der Waals surface area (Å²) in [4.78, 5) is 22.2. The fraction of sp³-hybridized carbons (Fsp3) is 0.462. The Morgan fingerprint density at radius 3 is 2.26 bits per heavy atom. The average Bonchev–Trinajstić information content (AvgIpc) is 3.21. The minimum Gasteiger partial charge on any atom is -0.350 e. The number of carbonyl (C=O) groups excluding carboxylic acids is 1. The molecule has 3 aromatic rings. The van der Waals surface area contributed by atoms with E-state index in [1.807, 2.05) is 26.0 Å². The van der Waals surface area contributed by atoms with Gasteiger partial charge in [0, 0.05) is 51.4 Å². The molecule has 2 heterocycles. The van der Waals surface area contributed by atoms with E-state index in [0.29, 0.717) is 17.6 Å². The number of imidazole rings is 1. The van der Waals surface area contributed by atoms with E-state index in [-0.39, 0.29) is 11.8 Å². The van der Waals surface area contributed by atoms with Crippen LogP contribution < -0.4 is 5.32 Å². The second kappa shape index (κ2) is 10.6. The summed E-state index contributed by atoms with van der Waals surface area (Å²) in [6.07, 6.45) is 1.48. The largest absolute Gasteiger partial charge is 0.350 e. The third kappa shape index (κ3) is 5.45. The van der Waals surface area contributed by atoms with Crippen LogP contribution in [0.1, 0.15) is 37.9 Å². The zero-order valence-corrected chi connectivity index (χ0v) is 20.1. The summed E-state index contributed by atoms with van der Waals surface area (Å²) < 4.78 is 29.0. The minimum absolute atomic E-state index is 0.0685. The summed E-state index contributed by atoms with van der Waals surface area (Å²) in [5.74, 6) is -2.16. The van der Waals surface area contributed by atoms with E-state index >= 15 is 0 Å². The van der Waals surface area contributed by atoms with Crippen LogP contribution in [0.25, 0.3) is 11.0 Å². The minimum atomic E-state index is -0.954. The highest BCUT2D eigenvalue weighted by molar-refractivity contribution is 5.84. The predicted octanol–water partition coefficient (Wildman–Crippen LogP) is 3.97. The lowest BCUT2D eigenvalue weighted by Crippen LogP contribution is -2.45. The molecule has 0 aliphatic carbocycles. The number of nitrogens with zero attached hydrogens (tertiary/aromatic N) is 4. The molecule has 1 amide bonds. The number of halogens is 2. The Bertz CT molecular complexity index is 1120. The van der Waals surface area contributed by atoms with Gasteiger partial charge in [-0.3, -0.25) is 9.69 Å². The van der Waals surface area contributed by atoms with Gasteiger partial charge in [-0.15, -0.1) is 0 Å². The molecule has 6 nitrogen and oxygen atoms in total. The molecule has 1 saturated heterocycles. The Balaban J connectivity index is 1.38. The number of likely N-dealkylation sites (N-methyl/N-ethyl adjacent to an activating group) is 1. The van der Waals surface area contributed by atoms with Gasteiger partial charge in [0.05, 0.1) is 17.4 Å². The van der Waals surface area contributed by atoms with Crippen LogP contribution in [-0.2, 0) is 17.9 Å². The maximum Gasteiger partial charge on any atom is 0.243 e. The number of rotatable bonds is 8. The summed E-state index contributed by atoms with van der Waals surface area (Å²) in [7, 11) is 0. The molecule has 0 spiro atoms. The second-order valence-electron chi connectivity index (χ2n) is 9.34. The van der Waals surface area contributed by atoms with Gasteiger partial charge >= 0.3 is 0 Å². The molecule has 1 aliphatic heterocycles. The molecule has 8 heteroatoms. The van der Waals surface area contributed by atoms with Gasteiger partial charge < -0.3 is 14.8 Å². The van der Waals surface area contributed by atoms with Gasteiger partial charge in [-0.25, -0.2) is 13.8 Å². The number of hydrogen-bond donors (Lipinski definition) is 1. The lowest BCUT2D eigenvalue weighted by atomic mass is 10.0. The molecule has 1 aliphatic rings. The molecule has 4 rings (SSSR count). The number of carbonyl (C=O) groups is 1. The first kappa shape index (κ1) is 24.3. The van der Waals surface area contributed by atoms with Crippen molar-refractivity contribution in [2.24, 2.45) is 5.92 Å². The third-order valence-corrected chi connectivity index (χ3v) is 6.62. The Morgan fingerprint density at radius 1 is 1.00 bits per heavy atom. The number of nitrogens with one attached hydrogen (secondary N) is 1. The zero-order chi connectivity index (χ0) is 24.2. The highest BCUT2D eigenvalue weighted by Crippen LogP contribution is 2.25. The van der Waals surface area contributed by atoms with Crippen molar-refractivity contribution in [1.29, 1.82) is 0 Å². The second-order valence-corrected chi connectivity index (χ2v) is 9.34. The smallest absolute Gasteiger partial charge is 0.243 e. The number of fused-ring (bicyclic) bond motifs is 1. The molecule has 0 bridgehead atoms. The number of piperazine rings is 1. The normalized spacial score (nSPS) is 16.3. The van der Waals surface area contributed by atoms with Crippen molar-refractivity contribution >= 4 is 16.9 Å². The maximum atomic E-state index is 13.8. The van der Waals surface area contributed by atoms with Gasteiger partial charge in [0.15, 0.2) is 11.6 Å². The van der Waals surface area contributed by atoms with Gasteiger partial charge in [0.25, 0.3) is 0 Å². The van der Waals surface area contributed by atoms with Crippen molar-refractivity contribution in [1.82, 2.24) is 24.7 Å². The Kier molecular flexibility index (Phi) is 7.58. The highest BCUT2D eigenvalue weighted by atomic mass is 19.2. The van der Waals surface area contributed by atoms with Crippen LogP contribution in [0.3, 0.4) is 0 Å². The van der Waals surface area contributed by atoms with Crippen molar-refractivity contribution in [3.05, 3.63) is 65.5 Å². The lowest BCUT2D eigenvalue weighted by molar-refractivity contribution is -0.125. The first-order chi connectivity index (χ1) is 16.4. The van der Waals surface area contributed by atoms with Gasteiger partial charge in [-0.05, 0) is 23.6 Å². The van der Waals surface area contributed by atoms with Crippen molar-refractivity contribution < 1.29 is 13.6 Å². The number of aromatic nitrogens is 2. The molecule has 1 unspecified atom stereocenters. The van der Waals surface area contributed by atoms with Crippen molar-refractivity contribution in [3.8, 4) is 0 Å². The molecule has 1 aromatic heterocycles. The van der Waals surface area contributed by atoms with Crippen LogP contribution in [0.15, 0.2) is 42.7 Å². The van der Waals surface area contributed by atoms with E-state index in [1.54, 1.807) is 4.57 Å². The molecule has 1 atom stereocenters. The van der Waals surface area contributed by atoms with E-state index in [2.05, 4.69) is 39.2 Å². The van der Waals surface area contributed by atoms with Crippen LogP contribution >= 0.6 is 0 Å². The number of amides is 1. The quantitative estimate of drug-likeness (QED) is 0.543. The summed E-state index contributed by atoms with van der Waals surface area (Å²) in [5.41, 5.74) is 3.00. The van der Waals surface area contributed by atoms with Gasteiger partial charge in [0.2, 0.25) is 5.91 Å². The van der Waals surface area contributed by atoms with E-state index in [0.717, 1.165) is 57.0 Å². The SMILES string of the molecule is CCN1CCN(Cc2ccc(CNC(=O)C(C(C)C)n3cnc4cc(F)c(F)cc43)cc2)CC1. The van der Waals surface area contributed by atoms with Crippen LogP contribution in [0.5, 0.6) is 0 Å². The summed E-state index contributed by atoms with van der Waals surface area (Å²) in [5, 5.41) is 3.00. The van der Waals surface area contributed by atoms with E-state index < -0.39 is 17.7 Å². The first-order valence-electron chi connectivity index (χ1n) is 12.0. The van der Waals surface area contributed by atoms with E-state index in [1.165, 1.54) is 11.9 Å². The molecule has 34 heavy (non-hydrogen) atoms. The van der Waals surface area contributed by atoms with E-state index in [9.17, 15) is 13.6 Å². The third-order valence-electron chi connectivity index (χ3n) is 6.62. The van der Waals surface area contributed by atoms with E-state index in [4.69, 9.17) is 0 Å². The Labute approximate surface area is 199 Å². The standard InChI is InChI=1S/C26H33F2N5O/c1-4-31-9-11-32(12-10-31)16-20-7-5-19(6-8-20)15-29-26(34)25(18(2)3)33-17-30-23-13-21(27)22(28)14-24(23)33/h5-8,13-14,17-18,25H,4,9-12,15-16H2,1-3H3,(H,29,34). The average molecular weight is 470 g/mol. The zero-order valence-electron chi connectivity index (χ0n) is 20.1. The molecular weight excluding hydrogens is 436 g/mol. The summed E-state index contributed by atoms with van der Waals surface area (Å²) >= 11 is 0. The monoisotopic (exact) mass is 469 g/mol. The van der Waals surface area contributed by atoms with Crippen LogP contribution in [0.4, 0.5) is 8.78 Å². The molecule has 0 saturated carbocycles. The Hall–Kier alpha value is -2.84. The van der Waals surface area contributed by atoms with Gasteiger partial charge in [-0.2, -0.15) is 0 Å². The molecule has 182 valence electrons. The van der Waals surface area contributed by atoms with Crippen LogP contribution in [0.2, 0.25) is 0 Å². The van der Waals surface area contributed by atoms with Gasteiger partial charge in [-0.1, -0.05) is 45.0 Å². The lowest BCUT2D eigenvalue weighted by Gasteiger charge is -2.34. The number of benzene rings is 2. The van der Waals surface area contributed by atoms with Crippen molar-refractivity contribution in [2.75, 3.05) is 32.7 Å². The summed E-state index contributed by atoms with van der Waals surface area (Å²) in [6, 6.07) is 9.90. The molecular formula is C26H33F2N5O. The fourth-order valence-corrected chi connectivity index (χ4v) is 4.57. The highest BCUT2D eigenvalue weighted by Gasteiger charge is 2.26. The fourth-order valence-electron chi connectivity index (χ4n) is 4.57. The first-order valence-corrected chi connectivity index (χ1v) is 12.0.